The highest BCUT2D eigenvalue weighted by molar-refractivity contribution is 5.92. The van der Waals surface area contributed by atoms with Crippen molar-refractivity contribution in [1.82, 2.24) is 15.0 Å². The molecule has 0 unspecified atom stereocenters. The van der Waals surface area contributed by atoms with E-state index in [1.807, 2.05) is 30.3 Å². The van der Waals surface area contributed by atoms with E-state index in [0.29, 0.717) is 37.8 Å². The van der Waals surface area contributed by atoms with E-state index in [4.69, 9.17) is 18.9 Å². The molecule has 162 valence electrons. The van der Waals surface area contributed by atoms with Gasteiger partial charge in [0.15, 0.2) is 11.5 Å². The number of hydrogen-bond acceptors (Lipinski definition) is 9. The summed E-state index contributed by atoms with van der Waals surface area (Å²) in [6.45, 7) is 2.51. The number of nitrogens with one attached hydrogen (secondary N) is 1. The molecule has 9 nitrogen and oxygen atoms in total. The van der Waals surface area contributed by atoms with E-state index in [1.54, 1.807) is 26.7 Å². The molecule has 2 fully saturated rings. The molecular formula is C22H25N5O4. The van der Waals surface area contributed by atoms with Crippen LogP contribution in [-0.2, 0) is 9.47 Å². The van der Waals surface area contributed by atoms with E-state index >= 15 is 0 Å². The number of nitrogens with zero attached hydrogens (tertiary/aromatic N) is 4. The minimum absolute atomic E-state index is 0.0271. The molecule has 2 saturated heterocycles. The number of anilines is 2. The maximum Gasteiger partial charge on any atom is 0.162 e. The van der Waals surface area contributed by atoms with E-state index < -0.39 is 0 Å². The molecule has 1 N–H and O–H groups in total. The Morgan fingerprint density at radius 1 is 0.968 bits per heavy atom. The van der Waals surface area contributed by atoms with Gasteiger partial charge in [-0.1, -0.05) is 6.07 Å². The molecule has 2 aliphatic rings. The van der Waals surface area contributed by atoms with Crippen molar-refractivity contribution in [1.29, 1.82) is 0 Å². The van der Waals surface area contributed by atoms with E-state index in [9.17, 15) is 0 Å². The van der Waals surface area contributed by atoms with Gasteiger partial charge in [0, 0.05) is 30.7 Å². The maximum absolute atomic E-state index is 6.21. The van der Waals surface area contributed by atoms with Crippen LogP contribution in [0.15, 0.2) is 42.9 Å². The van der Waals surface area contributed by atoms with Crippen LogP contribution >= 0.6 is 0 Å². The molecule has 0 saturated carbocycles. The average Bonchev–Trinajstić information content (AvgIpc) is 3.13. The molecule has 0 radical (unpaired) electrons. The Bertz CT molecular complexity index is 1030. The van der Waals surface area contributed by atoms with Crippen LogP contribution < -0.4 is 19.7 Å². The summed E-state index contributed by atoms with van der Waals surface area (Å²) in [4.78, 5) is 15.5. The molecule has 0 spiro atoms. The molecular weight excluding hydrogens is 398 g/mol. The molecule has 31 heavy (non-hydrogen) atoms. The highest BCUT2D eigenvalue weighted by Gasteiger charge is 2.38. The molecule has 3 aromatic rings. The van der Waals surface area contributed by atoms with Crippen molar-refractivity contribution in [2.45, 2.75) is 18.2 Å². The summed E-state index contributed by atoms with van der Waals surface area (Å²) >= 11 is 0. The van der Waals surface area contributed by atoms with Crippen molar-refractivity contribution >= 4 is 22.5 Å². The van der Waals surface area contributed by atoms with Crippen LogP contribution in [0.4, 0.5) is 11.6 Å². The predicted molar refractivity (Wildman–Crippen MR) is 116 cm³/mol. The summed E-state index contributed by atoms with van der Waals surface area (Å²) in [6, 6.07) is 9.65. The standard InChI is InChI=1S/C22H25N5O4/c1-28-17-7-15-16(8-18(17)29-2)24-13-25-22(15)27-9-19-20(10-27)31-12-14(11-30-19)26-21-5-3-4-6-23-21/h3-8,13-14,19-20H,9-12H2,1-2H3,(H,23,26)/t19-,20-/m0/s1. The largest absolute Gasteiger partial charge is 0.493 e. The minimum Gasteiger partial charge on any atom is -0.493 e. The molecule has 0 aliphatic carbocycles. The van der Waals surface area contributed by atoms with Gasteiger partial charge in [0.25, 0.3) is 0 Å². The summed E-state index contributed by atoms with van der Waals surface area (Å²) in [5.74, 6) is 2.96. The van der Waals surface area contributed by atoms with Gasteiger partial charge in [0.05, 0.1) is 39.0 Å². The molecule has 2 aromatic heterocycles. The third-order valence-corrected chi connectivity index (χ3v) is 5.67. The normalized spacial score (nSPS) is 21.5. The fraction of sp³-hybridized carbons (Fsp3) is 0.409. The van der Waals surface area contributed by atoms with Crippen molar-refractivity contribution in [3.05, 3.63) is 42.9 Å². The van der Waals surface area contributed by atoms with Crippen LogP contribution in [0.1, 0.15) is 0 Å². The number of aromatic nitrogens is 3. The fourth-order valence-electron chi connectivity index (χ4n) is 4.13. The number of pyridine rings is 1. The zero-order chi connectivity index (χ0) is 21.2. The molecule has 0 bridgehead atoms. The van der Waals surface area contributed by atoms with Gasteiger partial charge in [0.1, 0.15) is 30.2 Å². The van der Waals surface area contributed by atoms with Crippen molar-refractivity contribution in [3.63, 3.8) is 0 Å². The first kappa shape index (κ1) is 19.8. The van der Waals surface area contributed by atoms with Crippen molar-refractivity contribution < 1.29 is 18.9 Å². The van der Waals surface area contributed by atoms with E-state index in [-0.39, 0.29) is 18.2 Å². The third kappa shape index (κ3) is 3.94. The Morgan fingerprint density at radius 2 is 1.71 bits per heavy atom. The van der Waals surface area contributed by atoms with Gasteiger partial charge in [-0.3, -0.25) is 0 Å². The molecule has 2 aliphatic heterocycles. The minimum atomic E-state index is -0.0271. The van der Waals surface area contributed by atoms with Crippen LogP contribution in [-0.4, -0.2) is 73.7 Å². The van der Waals surface area contributed by atoms with E-state index in [0.717, 1.165) is 22.5 Å². The fourth-order valence-corrected chi connectivity index (χ4v) is 4.13. The molecule has 2 atom stereocenters. The smallest absolute Gasteiger partial charge is 0.162 e. The summed E-state index contributed by atoms with van der Waals surface area (Å²) in [7, 11) is 3.24. The van der Waals surface area contributed by atoms with Gasteiger partial charge in [-0.15, -0.1) is 0 Å². The Labute approximate surface area is 180 Å². The number of rotatable bonds is 5. The second-order valence-electron chi connectivity index (χ2n) is 7.63. The van der Waals surface area contributed by atoms with Gasteiger partial charge >= 0.3 is 0 Å². The second kappa shape index (κ2) is 8.52. The lowest BCUT2D eigenvalue weighted by molar-refractivity contribution is -0.00461. The van der Waals surface area contributed by atoms with Crippen LogP contribution in [0.25, 0.3) is 10.9 Å². The van der Waals surface area contributed by atoms with Gasteiger partial charge in [0.2, 0.25) is 0 Å². The summed E-state index contributed by atoms with van der Waals surface area (Å²) in [5, 5.41) is 4.29. The lowest BCUT2D eigenvalue weighted by atomic mass is 10.2. The zero-order valence-electron chi connectivity index (χ0n) is 17.5. The molecule has 4 heterocycles. The van der Waals surface area contributed by atoms with Crippen LogP contribution in [0.3, 0.4) is 0 Å². The first-order valence-corrected chi connectivity index (χ1v) is 10.3. The molecule has 1 aromatic carbocycles. The first-order valence-electron chi connectivity index (χ1n) is 10.3. The van der Waals surface area contributed by atoms with Crippen molar-refractivity contribution in [3.8, 4) is 11.5 Å². The molecule has 9 heteroatoms. The number of fused-ring (bicyclic) bond motifs is 2. The Morgan fingerprint density at radius 3 is 2.39 bits per heavy atom. The van der Waals surface area contributed by atoms with Crippen molar-refractivity contribution in [2.75, 3.05) is 50.7 Å². The van der Waals surface area contributed by atoms with Crippen molar-refractivity contribution in [2.24, 2.45) is 0 Å². The number of ether oxygens (including phenoxy) is 4. The number of methoxy groups -OCH3 is 2. The summed E-state index contributed by atoms with van der Waals surface area (Å²) < 4.78 is 23.3. The topological polar surface area (TPSA) is 90.9 Å². The SMILES string of the molecule is COc1cc2ncnc(N3C[C@@H]4OCC(Nc5ccccn5)CO[C@H]4C3)c2cc1OC. The maximum atomic E-state index is 6.21. The molecule has 5 rings (SSSR count). The Balaban J connectivity index is 1.32. The van der Waals surface area contributed by atoms with E-state index in [1.165, 1.54) is 0 Å². The molecule has 0 amide bonds. The lowest BCUT2D eigenvalue weighted by Crippen LogP contribution is -2.31. The second-order valence-corrected chi connectivity index (χ2v) is 7.63. The van der Waals surface area contributed by atoms with Crippen LogP contribution in [0.2, 0.25) is 0 Å². The lowest BCUT2D eigenvalue weighted by Gasteiger charge is -2.21. The van der Waals surface area contributed by atoms with Gasteiger partial charge in [-0.2, -0.15) is 0 Å². The van der Waals surface area contributed by atoms with Gasteiger partial charge < -0.3 is 29.2 Å². The number of hydrogen-bond donors (Lipinski definition) is 1. The van der Waals surface area contributed by atoms with Crippen LogP contribution in [0, 0.1) is 0 Å². The summed E-state index contributed by atoms with van der Waals surface area (Å²) in [5.41, 5.74) is 0.802. The number of benzene rings is 1. The highest BCUT2D eigenvalue weighted by Crippen LogP contribution is 2.36. The summed E-state index contributed by atoms with van der Waals surface area (Å²) in [6.07, 6.45) is 3.29. The zero-order valence-corrected chi connectivity index (χ0v) is 17.5. The monoisotopic (exact) mass is 423 g/mol. The average molecular weight is 423 g/mol. The Hall–Kier alpha value is -3.17. The highest BCUT2D eigenvalue weighted by atomic mass is 16.6. The van der Waals surface area contributed by atoms with Crippen LogP contribution in [0.5, 0.6) is 11.5 Å². The third-order valence-electron chi connectivity index (χ3n) is 5.67. The Kier molecular flexibility index (Phi) is 5.44. The van der Waals surface area contributed by atoms with Gasteiger partial charge in [-0.05, 0) is 18.2 Å². The van der Waals surface area contributed by atoms with E-state index in [2.05, 4.69) is 25.2 Å². The first-order chi connectivity index (χ1) is 15.2. The quantitative estimate of drug-likeness (QED) is 0.663. The van der Waals surface area contributed by atoms with Gasteiger partial charge in [-0.25, -0.2) is 15.0 Å². The predicted octanol–water partition coefficient (Wildman–Crippen LogP) is 2.13.